The van der Waals surface area contributed by atoms with Crippen molar-refractivity contribution in [3.8, 4) is 11.1 Å². The summed E-state index contributed by atoms with van der Waals surface area (Å²) < 4.78 is 2.64. The third-order valence-corrected chi connectivity index (χ3v) is 10.6. The molecule has 1 aliphatic carbocycles. The number of para-hydroxylation sites is 1. The van der Waals surface area contributed by atoms with Crippen LogP contribution in [-0.2, 0) is 6.42 Å². The Bertz CT molecular complexity index is 2330. The van der Waals surface area contributed by atoms with Gasteiger partial charge in [-0.3, -0.25) is 0 Å². The zero-order chi connectivity index (χ0) is 29.7. The normalized spacial score (nSPS) is 14.3. The van der Waals surface area contributed by atoms with Crippen LogP contribution in [-0.4, -0.2) is 0 Å². The quantitative estimate of drug-likeness (QED) is 0.196. The minimum atomic E-state index is 0.381. The standard InChI is InChI=1S/C43H31NS/c1-3-12-29(13-4-1)34-24-22-31-27-40-30(26-39(31)36-18-8-7-17-35(34)36)14-11-20-41(40)44(32-15-5-2-6-16-32)33-23-25-38-37-19-9-10-21-42(37)45-43(38)28-33/h1-21,23,25-28,34H,22,24H2. The first-order valence-electron chi connectivity index (χ1n) is 15.8. The Morgan fingerprint density at radius 3 is 2.16 bits per heavy atom. The highest BCUT2D eigenvalue weighted by Crippen LogP contribution is 2.46. The summed E-state index contributed by atoms with van der Waals surface area (Å²) in [5.74, 6) is 0.381. The van der Waals surface area contributed by atoms with Gasteiger partial charge in [0, 0.05) is 42.9 Å². The number of aryl methyl sites for hydroxylation is 1. The number of rotatable bonds is 4. The molecule has 214 valence electrons. The van der Waals surface area contributed by atoms with Crippen LogP contribution in [0.1, 0.15) is 29.0 Å². The van der Waals surface area contributed by atoms with Gasteiger partial charge in [-0.25, -0.2) is 0 Å². The Labute approximate surface area is 267 Å². The summed E-state index contributed by atoms with van der Waals surface area (Å²) in [4.78, 5) is 2.44. The van der Waals surface area contributed by atoms with E-state index in [1.807, 2.05) is 11.3 Å². The van der Waals surface area contributed by atoms with E-state index in [0.29, 0.717) is 5.92 Å². The molecular formula is C43H31NS. The van der Waals surface area contributed by atoms with E-state index < -0.39 is 0 Å². The smallest absolute Gasteiger partial charge is 0.0540 e. The molecule has 0 aliphatic heterocycles. The topological polar surface area (TPSA) is 3.24 Å². The molecule has 1 atom stereocenters. The van der Waals surface area contributed by atoms with Crippen LogP contribution >= 0.6 is 11.3 Å². The summed E-state index contributed by atoms with van der Waals surface area (Å²) >= 11 is 1.87. The van der Waals surface area contributed by atoms with Crippen LogP contribution in [0.5, 0.6) is 0 Å². The van der Waals surface area contributed by atoms with E-state index in [9.17, 15) is 0 Å². The van der Waals surface area contributed by atoms with Crippen LogP contribution in [0, 0.1) is 0 Å². The summed E-state index contributed by atoms with van der Waals surface area (Å²) in [6.07, 6.45) is 2.12. The van der Waals surface area contributed by atoms with Gasteiger partial charge in [-0.2, -0.15) is 0 Å². The number of benzene rings is 7. The molecule has 1 aliphatic rings. The van der Waals surface area contributed by atoms with Gasteiger partial charge in [0.15, 0.2) is 0 Å². The molecule has 8 aromatic rings. The van der Waals surface area contributed by atoms with Gasteiger partial charge in [0.05, 0.1) is 5.69 Å². The van der Waals surface area contributed by atoms with Gasteiger partial charge >= 0.3 is 0 Å². The SMILES string of the molecule is c1ccc(C2CCc3cc4c(N(c5ccccc5)c5ccc6c(c5)sc5ccccc56)cccc4cc3-c3ccccc32)cc1. The largest absolute Gasteiger partial charge is 0.310 e. The van der Waals surface area contributed by atoms with Crippen LogP contribution in [0.3, 0.4) is 0 Å². The van der Waals surface area contributed by atoms with Crippen molar-refractivity contribution >= 4 is 59.3 Å². The maximum absolute atomic E-state index is 2.48. The number of thiophene rings is 1. The predicted octanol–water partition coefficient (Wildman–Crippen LogP) is 12.4. The van der Waals surface area contributed by atoms with Crippen molar-refractivity contribution in [1.29, 1.82) is 0 Å². The molecule has 9 rings (SSSR count). The molecule has 2 heteroatoms. The van der Waals surface area contributed by atoms with Crippen LogP contribution < -0.4 is 4.90 Å². The lowest BCUT2D eigenvalue weighted by molar-refractivity contribution is 0.726. The number of nitrogens with zero attached hydrogens (tertiary/aromatic N) is 1. The molecule has 7 aromatic carbocycles. The maximum Gasteiger partial charge on any atom is 0.0540 e. The van der Waals surface area contributed by atoms with E-state index in [1.165, 1.54) is 70.1 Å². The first kappa shape index (κ1) is 26.2. The van der Waals surface area contributed by atoms with Crippen LogP contribution in [0.15, 0.2) is 158 Å². The summed E-state index contributed by atoms with van der Waals surface area (Å²) in [6, 6.07) is 58.3. The van der Waals surface area contributed by atoms with Gasteiger partial charge < -0.3 is 4.90 Å². The molecule has 1 nitrogen and oxygen atoms in total. The van der Waals surface area contributed by atoms with Crippen molar-refractivity contribution in [1.82, 2.24) is 0 Å². The molecule has 0 saturated heterocycles. The molecule has 0 radical (unpaired) electrons. The van der Waals surface area contributed by atoms with E-state index in [0.717, 1.165) is 18.5 Å². The number of anilines is 3. The number of hydrogen-bond acceptors (Lipinski definition) is 2. The zero-order valence-electron chi connectivity index (χ0n) is 24.9. The Hall–Kier alpha value is -5.18. The zero-order valence-corrected chi connectivity index (χ0v) is 25.7. The third-order valence-electron chi connectivity index (χ3n) is 9.49. The van der Waals surface area contributed by atoms with Gasteiger partial charge in [-0.15, -0.1) is 11.3 Å². The average molecular weight is 594 g/mol. The Morgan fingerprint density at radius 1 is 0.511 bits per heavy atom. The molecule has 0 spiro atoms. The Morgan fingerprint density at radius 2 is 1.27 bits per heavy atom. The molecule has 0 saturated carbocycles. The lowest BCUT2D eigenvalue weighted by Gasteiger charge is -2.27. The first-order chi connectivity index (χ1) is 22.3. The van der Waals surface area contributed by atoms with Gasteiger partial charge in [0.25, 0.3) is 0 Å². The average Bonchev–Trinajstić information content (AvgIpc) is 3.39. The maximum atomic E-state index is 2.48. The summed E-state index contributed by atoms with van der Waals surface area (Å²) in [5.41, 5.74) is 10.5. The fourth-order valence-electron chi connectivity index (χ4n) is 7.40. The minimum absolute atomic E-state index is 0.381. The van der Waals surface area contributed by atoms with E-state index in [4.69, 9.17) is 0 Å². The second-order valence-electron chi connectivity index (χ2n) is 12.0. The molecule has 1 heterocycles. The second-order valence-corrected chi connectivity index (χ2v) is 13.1. The van der Waals surface area contributed by atoms with Crippen molar-refractivity contribution in [3.05, 3.63) is 174 Å². The molecule has 0 fully saturated rings. The van der Waals surface area contributed by atoms with Crippen LogP contribution in [0.25, 0.3) is 42.1 Å². The Kier molecular flexibility index (Phi) is 6.28. The van der Waals surface area contributed by atoms with Gasteiger partial charge in [-0.1, -0.05) is 109 Å². The summed E-state index contributed by atoms with van der Waals surface area (Å²) in [7, 11) is 0. The van der Waals surface area contributed by atoms with Crippen molar-refractivity contribution in [3.63, 3.8) is 0 Å². The second kappa shape index (κ2) is 10.8. The fourth-order valence-corrected chi connectivity index (χ4v) is 8.54. The van der Waals surface area contributed by atoms with Gasteiger partial charge in [-0.05, 0) is 94.6 Å². The molecule has 1 unspecified atom stereocenters. The molecular weight excluding hydrogens is 563 g/mol. The number of fused-ring (bicyclic) bond motifs is 7. The Balaban J connectivity index is 1.23. The van der Waals surface area contributed by atoms with Crippen molar-refractivity contribution in [2.24, 2.45) is 0 Å². The van der Waals surface area contributed by atoms with Crippen LogP contribution in [0.2, 0.25) is 0 Å². The molecule has 0 amide bonds. The molecule has 0 bridgehead atoms. The van der Waals surface area contributed by atoms with E-state index >= 15 is 0 Å². The summed E-state index contributed by atoms with van der Waals surface area (Å²) in [5, 5.41) is 5.20. The summed E-state index contributed by atoms with van der Waals surface area (Å²) in [6.45, 7) is 0. The van der Waals surface area contributed by atoms with Crippen molar-refractivity contribution in [2.45, 2.75) is 18.8 Å². The minimum Gasteiger partial charge on any atom is -0.310 e. The predicted molar refractivity (Wildman–Crippen MR) is 194 cm³/mol. The molecule has 1 aromatic heterocycles. The first-order valence-corrected chi connectivity index (χ1v) is 16.6. The fraction of sp³-hybridized carbons (Fsp3) is 0.0698. The van der Waals surface area contributed by atoms with E-state index in [2.05, 4.69) is 163 Å². The van der Waals surface area contributed by atoms with E-state index in [1.54, 1.807) is 0 Å². The van der Waals surface area contributed by atoms with Crippen molar-refractivity contribution < 1.29 is 0 Å². The van der Waals surface area contributed by atoms with Crippen LogP contribution in [0.4, 0.5) is 17.1 Å². The van der Waals surface area contributed by atoms with Crippen molar-refractivity contribution in [2.75, 3.05) is 4.90 Å². The van der Waals surface area contributed by atoms with Gasteiger partial charge in [0.1, 0.15) is 0 Å². The van der Waals surface area contributed by atoms with E-state index in [-0.39, 0.29) is 0 Å². The van der Waals surface area contributed by atoms with Gasteiger partial charge in [0.2, 0.25) is 0 Å². The third kappa shape index (κ3) is 4.44. The highest BCUT2D eigenvalue weighted by molar-refractivity contribution is 7.25. The lowest BCUT2D eigenvalue weighted by Crippen LogP contribution is -2.10. The highest BCUT2D eigenvalue weighted by Gasteiger charge is 2.25. The number of hydrogen-bond donors (Lipinski definition) is 0. The molecule has 0 N–H and O–H groups in total. The highest BCUT2D eigenvalue weighted by atomic mass is 32.1. The lowest BCUT2D eigenvalue weighted by atomic mass is 9.86. The monoisotopic (exact) mass is 593 g/mol. The molecule has 45 heavy (non-hydrogen) atoms.